The lowest BCUT2D eigenvalue weighted by molar-refractivity contribution is 0.736. The summed E-state index contributed by atoms with van der Waals surface area (Å²) in [6, 6.07) is -0.0689. The Labute approximate surface area is 84.6 Å². The number of nitrogens with zero attached hydrogens (tertiary/aromatic N) is 2. The third kappa shape index (κ3) is 3.85. The minimum Gasteiger partial charge on any atom is -0.322 e. The van der Waals surface area contributed by atoms with Gasteiger partial charge in [-0.1, -0.05) is 0 Å². The first-order valence-electron chi connectivity index (χ1n) is 3.24. The van der Waals surface area contributed by atoms with Crippen LogP contribution in [0.2, 0.25) is 0 Å². The maximum absolute atomic E-state index is 5.54. The summed E-state index contributed by atoms with van der Waals surface area (Å²) in [5, 5.41) is 0. The number of nitrogens with two attached hydrogens (primary N) is 1. The van der Waals surface area contributed by atoms with Gasteiger partial charge in [0.1, 0.15) is 5.82 Å². The summed E-state index contributed by atoms with van der Waals surface area (Å²) in [5.41, 5.74) is 6.60. The predicted molar refractivity (Wildman–Crippen MR) is 53.9 cm³/mol. The number of aryl methyl sites for hydroxylation is 1. The van der Waals surface area contributed by atoms with Crippen LogP contribution in [0, 0.1) is 6.92 Å². The van der Waals surface area contributed by atoms with Gasteiger partial charge in [0.25, 0.3) is 0 Å². The molecule has 0 bridgehead atoms. The van der Waals surface area contributed by atoms with Crippen LogP contribution in [0.15, 0.2) is 12.4 Å². The average Bonchev–Trinajstić information content (AvgIpc) is 1.88. The van der Waals surface area contributed by atoms with Crippen LogP contribution in [0.5, 0.6) is 0 Å². The summed E-state index contributed by atoms with van der Waals surface area (Å²) in [5.74, 6) is 0.700. The zero-order valence-electron chi connectivity index (χ0n) is 7.02. The maximum Gasteiger partial charge on any atom is 0.144 e. The fourth-order valence-corrected chi connectivity index (χ4v) is 0.638. The molecule has 3 nitrogen and oxygen atoms in total. The summed E-state index contributed by atoms with van der Waals surface area (Å²) >= 11 is 0. The van der Waals surface area contributed by atoms with Crippen LogP contribution in [0.4, 0.5) is 0 Å². The van der Waals surface area contributed by atoms with Crippen molar-refractivity contribution in [1.29, 1.82) is 0 Å². The molecule has 12 heavy (non-hydrogen) atoms. The van der Waals surface area contributed by atoms with Crippen molar-refractivity contribution in [3.63, 3.8) is 0 Å². The van der Waals surface area contributed by atoms with E-state index in [-0.39, 0.29) is 30.9 Å². The van der Waals surface area contributed by atoms with Gasteiger partial charge in [-0.3, -0.25) is 0 Å². The van der Waals surface area contributed by atoms with Crippen LogP contribution >= 0.6 is 24.8 Å². The molecule has 1 aromatic heterocycles. The van der Waals surface area contributed by atoms with Gasteiger partial charge in [-0.2, -0.15) is 0 Å². The highest BCUT2D eigenvalue weighted by Crippen LogP contribution is 2.00. The smallest absolute Gasteiger partial charge is 0.144 e. The van der Waals surface area contributed by atoms with Crippen molar-refractivity contribution in [3.8, 4) is 0 Å². The third-order valence-corrected chi connectivity index (χ3v) is 1.21. The highest BCUT2D eigenvalue weighted by Gasteiger charge is 1.99. The van der Waals surface area contributed by atoms with E-state index in [1.54, 1.807) is 12.4 Å². The molecule has 0 spiro atoms. The van der Waals surface area contributed by atoms with Gasteiger partial charge in [-0.25, -0.2) is 9.97 Å². The fourth-order valence-electron chi connectivity index (χ4n) is 0.638. The van der Waals surface area contributed by atoms with E-state index in [1.807, 2.05) is 13.8 Å². The zero-order valence-corrected chi connectivity index (χ0v) is 8.65. The van der Waals surface area contributed by atoms with Crippen molar-refractivity contribution in [2.45, 2.75) is 19.9 Å². The number of rotatable bonds is 1. The lowest BCUT2D eigenvalue weighted by atomic mass is 10.3. The normalized spacial score (nSPS) is 10.9. The summed E-state index contributed by atoms with van der Waals surface area (Å²) in [6.07, 6.45) is 3.54. The summed E-state index contributed by atoms with van der Waals surface area (Å²) < 4.78 is 0. The van der Waals surface area contributed by atoms with Crippen LogP contribution in [0.3, 0.4) is 0 Å². The van der Waals surface area contributed by atoms with Gasteiger partial charge in [0.15, 0.2) is 0 Å². The van der Waals surface area contributed by atoms with E-state index < -0.39 is 0 Å². The van der Waals surface area contributed by atoms with E-state index in [4.69, 9.17) is 5.73 Å². The lowest BCUT2D eigenvalue weighted by Crippen LogP contribution is -2.09. The fraction of sp³-hybridized carbons (Fsp3) is 0.429. The quantitative estimate of drug-likeness (QED) is 0.766. The highest BCUT2D eigenvalue weighted by molar-refractivity contribution is 5.85. The minimum atomic E-state index is -0.0689. The standard InChI is InChI=1S/C7H11N3.2ClH/c1-5-3-9-7(6(2)8)10-4-5;;/h3-4,6H,8H2,1-2H3;2*1H. The Hall–Kier alpha value is -0.380. The molecule has 0 saturated heterocycles. The van der Waals surface area contributed by atoms with Gasteiger partial charge in [-0.15, -0.1) is 24.8 Å². The molecule has 0 aliphatic heterocycles. The Balaban J connectivity index is 0. The second-order valence-corrected chi connectivity index (χ2v) is 2.41. The molecular formula is C7H13Cl2N3. The lowest BCUT2D eigenvalue weighted by Gasteiger charge is -2.01. The number of hydrogen-bond donors (Lipinski definition) is 1. The third-order valence-electron chi connectivity index (χ3n) is 1.21. The molecule has 2 N–H and O–H groups in total. The van der Waals surface area contributed by atoms with E-state index in [1.165, 1.54) is 0 Å². The van der Waals surface area contributed by atoms with Crippen molar-refractivity contribution in [1.82, 2.24) is 9.97 Å². The Morgan fingerprint density at radius 2 is 1.67 bits per heavy atom. The summed E-state index contributed by atoms with van der Waals surface area (Å²) in [6.45, 7) is 3.82. The summed E-state index contributed by atoms with van der Waals surface area (Å²) in [7, 11) is 0. The molecule has 1 aromatic rings. The van der Waals surface area contributed by atoms with E-state index in [0.717, 1.165) is 5.56 Å². The number of halogens is 2. The van der Waals surface area contributed by atoms with Crippen molar-refractivity contribution in [2.75, 3.05) is 0 Å². The average molecular weight is 210 g/mol. The Morgan fingerprint density at radius 3 is 2.00 bits per heavy atom. The van der Waals surface area contributed by atoms with Crippen molar-refractivity contribution in [2.24, 2.45) is 5.73 Å². The van der Waals surface area contributed by atoms with Gasteiger partial charge in [0.05, 0.1) is 6.04 Å². The molecule has 0 fully saturated rings. The molecule has 1 heterocycles. The van der Waals surface area contributed by atoms with E-state index in [0.29, 0.717) is 5.82 Å². The van der Waals surface area contributed by atoms with E-state index in [2.05, 4.69) is 9.97 Å². The number of aromatic nitrogens is 2. The Bertz CT molecular complexity index is 210. The molecule has 0 aliphatic carbocycles. The molecule has 1 atom stereocenters. The first kappa shape index (κ1) is 14.2. The van der Waals surface area contributed by atoms with Crippen LogP contribution in [0.1, 0.15) is 24.4 Å². The predicted octanol–water partition coefficient (Wildman–Crippen LogP) is 1.65. The van der Waals surface area contributed by atoms with Crippen molar-refractivity contribution < 1.29 is 0 Å². The number of hydrogen-bond acceptors (Lipinski definition) is 3. The van der Waals surface area contributed by atoms with Crippen LogP contribution in [-0.4, -0.2) is 9.97 Å². The molecule has 0 aromatic carbocycles. The molecule has 1 rings (SSSR count). The molecule has 5 heteroatoms. The van der Waals surface area contributed by atoms with Crippen molar-refractivity contribution >= 4 is 24.8 Å². The first-order chi connectivity index (χ1) is 4.70. The second-order valence-electron chi connectivity index (χ2n) is 2.41. The van der Waals surface area contributed by atoms with Crippen LogP contribution < -0.4 is 5.73 Å². The van der Waals surface area contributed by atoms with E-state index in [9.17, 15) is 0 Å². The minimum absolute atomic E-state index is 0. The second kappa shape index (κ2) is 6.17. The molecule has 0 saturated carbocycles. The Kier molecular flexibility index (Phi) is 7.28. The van der Waals surface area contributed by atoms with E-state index >= 15 is 0 Å². The molecule has 0 aliphatic rings. The van der Waals surface area contributed by atoms with Gasteiger partial charge in [-0.05, 0) is 19.4 Å². The maximum atomic E-state index is 5.54. The van der Waals surface area contributed by atoms with Gasteiger partial charge < -0.3 is 5.73 Å². The topological polar surface area (TPSA) is 51.8 Å². The first-order valence-corrected chi connectivity index (χ1v) is 3.24. The monoisotopic (exact) mass is 209 g/mol. The molecular weight excluding hydrogens is 197 g/mol. The Morgan fingerprint density at radius 1 is 1.25 bits per heavy atom. The van der Waals surface area contributed by atoms with Crippen LogP contribution in [0.25, 0.3) is 0 Å². The highest BCUT2D eigenvalue weighted by atomic mass is 35.5. The van der Waals surface area contributed by atoms with Crippen LogP contribution in [-0.2, 0) is 0 Å². The SMILES string of the molecule is Cc1cnc(C(C)N)nc1.Cl.Cl. The van der Waals surface area contributed by atoms with Crippen molar-refractivity contribution in [3.05, 3.63) is 23.8 Å². The molecule has 0 amide bonds. The molecule has 70 valence electrons. The van der Waals surface area contributed by atoms with Gasteiger partial charge >= 0.3 is 0 Å². The van der Waals surface area contributed by atoms with Gasteiger partial charge in [0, 0.05) is 12.4 Å². The molecule has 1 unspecified atom stereocenters. The molecule has 0 radical (unpaired) electrons. The van der Waals surface area contributed by atoms with Gasteiger partial charge in [0.2, 0.25) is 0 Å². The largest absolute Gasteiger partial charge is 0.322 e. The zero-order chi connectivity index (χ0) is 7.56. The summed E-state index contributed by atoms with van der Waals surface area (Å²) in [4.78, 5) is 8.08.